The first-order valence-electron chi connectivity index (χ1n) is 8.27. The summed E-state index contributed by atoms with van der Waals surface area (Å²) in [6, 6.07) is 6.27. The molecule has 1 aliphatic heterocycles. The Bertz CT molecular complexity index is 748. The number of nitrogens with one attached hydrogen (secondary N) is 1. The van der Waals surface area contributed by atoms with E-state index in [-0.39, 0.29) is 0 Å². The monoisotopic (exact) mass is 294 g/mol. The molecule has 4 rings (SSSR count). The standard InChI is InChI=1S/C19H22N2O/c1-22-14-7-8-15-16-10-11-20-17(19(16)21-18(15)12-14)9-6-13-4-2-3-5-13/h6-9,12-13,21H,2-5,10-11H2,1H3/b9-6+. The molecule has 0 bridgehead atoms. The van der Waals surface area contributed by atoms with E-state index in [1.54, 1.807) is 7.11 Å². The van der Waals surface area contributed by atoms with Gasteiger partial charge in [0.05, 0.1) is 18.5 Å². The van der Waals surface area contributed by atoms with Crippen LogP contribution >= 0.6 is 0 Å². The minimum Gasteiger partial charge on any atom is -0.497 e. The lowest BCUT2D eigenvalue weighted by Gasteiger charge is -2.11. The van der Waals surface area contributed by atoms with Gasteiger partial charge in [0.2, 0.25) is 0 Å². The van der Waals surface area contributed by atoms with Crippen LogP contribution in [0.4, 0.5) is 0 Å². The maximum atomic E-state index is 5.33. The quantitative estimate of drug-likeness (QED) is 0.902. The minimum atomic E-state index is 0.748. The van der Waals surface area contributed by atoms with Gasteiger partial charge in [-0.25, -0.2) is 0 Å². The van der Waals surface area contributed by atoms with Crippen molar-refractivity contribution in [1.29, 1.82) is 0 Å². The molecule has 1 fully saturated rings. The summed E-state index contributed by atoms with van der Waals surface area (Å²) >= 11 is 0. The van der Waals surface area contributed by atoms with E-state index in [9.17, 15) is 0 Å². The summed E-state index contributed by atoms with van der Waals surface area (Å²) in [7, 11) is 1.71. The zero-order valence-electron chi connectivity index (χ0n) is 13.1. The summed E-state index contributed by atoms with van der Waals surface area (Å²) in [4.78, 5) is 8.29. The highest BCUT2D eigenvalue weighted by Crippen LogP contribution is 2.30. The SMILES string of the molecule is COc1ccc2c3c([nH]c2c1)C(/C=C/C1CCCC1)=NCC3. The Morgan fingerprint density at radius 1 is 1.27 bits per heavy atom. The molecular formula is C19H22N2O. The Balaban J connectivity index is 1.70. The molecule has 2 aliphatic rings. The van der Waals surface area contributed by atoms with Crippen molar-refractivity contribution < 1.29 is 4.74 Å². The molecule has 3 heteroatoms. The first-order valence-corrected chi connectivity index (χ1v) is 8.27. The van der Waals surface area contributed by atoms with E-state index in [4.69, 9.17) is 9.73 Å². The normalized spacial score (nSPS) is 18.9. The number of hydrogen-bond acceptors (Lipinski definition) is 2. The van der Waals surface area contributed by atoms with Gasteiger partial charge >= 0.3 is 0 Å². The van der Waals surface area contributed by atoms with Crippen LogP contribution < -0.4 is 4.74 Å². The van der Waals surface area contributed by atoms with Gasteiger partial charge in [-0.15, -0.1) is 0 Å². The molecule has 0 spiro atoms. The van der Waals surface area contributed by atoms with Gasteiger partial charge in [-0.05, 0) is 49.0 Å². The van der Waals surface area contributed by atoms with Gasteiger partial charge in [0.25, 0.3) is 0 Å². The summed E-state index contributed by atoms with van der Waals surface area (Å²) in [5, 5.41) is 1.30. The van der Waals surface area contributed by atoms with Gasteiger partial charge in [0.15, 0.2) is 0 Å². The number of benzene rings is 1. The average molecular weight is 294 g/mol. The highest BCUT2D eigenvalue weighted by molar-refractivity contribution is 6.12. The molecule has 1 aromatic carbocycles. The lowest BCUT2D eigenvalue weighted by Crippen LogP contribution is -2.10. The number of rotatable bonds is 3. The first kappa shape index (κ1) is 13.6. The van der Waals surface area contributed by atoms with E-state index >= 15 is 0 Å². The van der Waals surface area contributed by atoms with Crippen molar-refractivity contribution in [3.05, 3.63) is 41.6 Å². The lowest BCUT2D eigenvalue weighted by atomic mass is 10.0. The van der Waals surface area contributed by atoms with Crippen molar-refractivity contribution in [3.63, 3.8) is 0 Å². The molecule has 0 atom stereocenters. The van der Waals surface area contributed by atoms with Crippen molar-refractivity contribution in [2.45, 2.75) is 32.1 Å². The molecule has 1 saturated carbocycles. The number of H-pyrrole nitrogens is 1. The molecule has 1 aromatic heterocycles. The van der Waals surface area contributed by atoms with E-state index < -0.39 is 0 Å². The van der Waals surface area contributed by atoms with Crippen molar-refractivity contribution >= 4 is 16.6 Å². The fourth-order valence-electron chi connectivity index (χ4n) is 3.72. The highest BCUT2D eigenvalue weighted by atomic mass is 16.5. The van der Waals surface area contributed by atoms with Crippen LogP contribution in [0.5, 0.6) is 5.75 Å². The van der Waals surface area contributed by atoms with Crippen molar-refractivity contribution in [1.82, 2.24) is 4.98 Å². The third-order valence-electron chi connectivity index (χ3n) is 4.94. The molecule has 0 unspecified atom stereocenters. The van der Waals surface area contributed by atoms with Gasteiger partial charge in [-0.3, -0.25) is 4.99 Å². The number of methoxy groups -OCH3 is 1. The average Bonchev–Trinajstić information content (AvgIpc) is 3.19. The number of fused-ring (bicyclic) bond motifs is 3. The third kappa shape index (κ3) is 2.35. The molecule has 1 aliphatic carbocycles. The number of aromatic amines is 1. The Labute approximate surface area is 131 Å². The predicted octanol–water partition coefficient (Wildman–Crippen LogP) is 4.27. The molecule has 1 N–H and O–H groups in total. The molecule has 0 saturated heterocycles. The Morgan fingerprint density at radius 3 is 2.95 bits per heavy atom. The van der Waals surface area contributed by atoms with E-state index in [1.165, 1.54) is 42.3 Å². The predicted molar refractivity (Wildman–Crippen MR) is 91.1 cm³/mol. The maximum absolute atomic E-state index is 5.33. The molecule has 2 aromatic rings. The van der Waals surface area contributed by atoms with Crippen molar-refractivity contribution in [3.8, 4) is 5.75 Å². The molecule has 3 nitrogen and oxygen atoms in total. The van der Waals surface area contributed by atoms with Gasteiger partial charge < -0.3 is 9.72 Å². The molecule has 114 valence electrons. The van der Waals surface area contributed by atoms with Crippen LogP contribution in [-0.4, -0.2) is 24.4 Å². The third-order valence-corrected chi connectivity index (χ3v) is 4.94. The number of hydrogen-bond donors (Lipinski definition) is 1. The fraction of sp³-hybridized carbons (Fsp3) is 0.421. The number of aromatic nitrogens is 1. The molecular weight excluding hydrogens is 272 g/mol. The number of aliphatic imine (C=N–C) groups is 1. The van der Waals surface area contributed by atoms with Crippen LogP contribution in [0.2, 0.25) is 0 Å². The number of ether oxygens (including phenoxy) is 1. The van der Waals surface area contributed by atoms with E-state index in [0.29, 0.717) is 0 Å². The molecule has 2 heterocycles. The number of nitrogens with zero attached hydrogens (tertiary/aromatic N) is 1. The summed E-state index contributed by atoms with van der Waals surface area (Å²) in [5.74, 6) is 1.64. The van der Waals surface area contributed by atoms with Crippen LogP contribution in [0, 0.1) is 5.92 Å². The summed E-state index contributed by atoms with van der Waals surface area (Å²) < 4.78 is 5.33. The van der Waals surface area contributed by atoms with Gasteiger partial charge in [0.1, 0.15) is 5.75 Å². The number of allylic oxidation sites excluding steroid dienone is 2. The van der Waals surface area contributed by atoms with Crippen LogP contribution in [0.25, 0.3) is 10.9 Å². The minimum absolute atomic E-state index is 0.748. The largest absolute Gasteiger partial charge is 0.497 e. The van der Waals surface area contributed by atoms with Crippen LogP contribution in [-0.2, 0) is 6.42 Å². The topological polar surface area (TPSA) is 37.4 Å². The lowest BCUT2D eigenvalue weighted by molar-refractivity contribution is 0.415. The second kappa shape index (κ2) is 5.64. The van der Waals surface area contributed by atoms with Crippen LogP contribution in [0.3, 0.4) is 0 Å². The van der Waals surface area contributed by atoms with Crippen molar-refractivity contribution in [2.24, 2.45) is 10.9 Å². The van der Waals surface area contributed by atoms with Gasteiger partial charge in [-0.1, -0.05) is 18.9 Å². The second-order valence-corrected chi connectivity index (χ2v) is 6.31. The van der Waals surface area contributed by atoms with Gasteiger partial charge in [0, 0.05) is 23.5 Å². The molecule has 0 radical (unpaired) electrons. The zero-order valence-corrected chi connectivity index (χ0v) is 13.1. The fourth-order valence-corrected chi connectivity index (χ4v) is 3.72. The smallest absolute Gasteiger partial charge is 0.120 e. The molecule has 0 amide bonds. The van der Waals surface area contributed by atoms with E-state index in [1.807, 2.05) is 6.07 Å². The summed E-state index contributed by atoms with van der Waals surface area (Å²) in [6.07, 6.45) is 11.0. The maximum Gasteiger partial charge on any atom is 0.120 e. The Morgan fingerprint density at radius 2 is 2.14 bits per heavy atom. The van der Waals surface area contributed by atoms with Gasteiger partial charge in [-0.2, -0.15) is 0 Å². The zero-order chi connectivity index (χ0) is 14.9. The summed E-state index contributed by atoms with van der Waals surface area (Å²) in [5.41, 5.74) is 4.86. The van der Waals surface area contributed by atoms with Crippen LogP contribution in [0.15, 0.2) is 35.3 Å². The Hall–Kier alpha value is -2.03. The molecule has 22 heavy (non-hydrogen) atoms. The Kier molecular flexibility index (Phi) is 3.49. The van der Waals surface area contributed by atoms with Crippen molar-refractivity contribution in [2.75, 3.05) is 13.7 Å². The van der Waals surface area contributed by atoms with E-state index in [2.05, 4.69) is 29.3 Å². The second-order valence-electron chi connectivity index (χ2n) is 6.31. The summed E-state index contributed by atoms with van der Waals surface area (Å²) in [6.45, 7) is 0.885. The highest BCUT2D eigenvalue weighted by Gasteiger charge is 2.19. The van der Waals surface area contributed by atoms with E-state index in [0.717, 1.165) is 35.9 Å². The van der Waals surface area contributed by atoms with Crippen LogP contribution in [0.1, 0.15) is 36.9 Å². The first-order chi connectivity index (χ1) is 10.8.